The first-order chi connectivity index (χ1) is 12.1. The van der Waals surface area contributed by atoms with Gasteiger partial charge in [0.15, 0.2) is 11.5 Å². The highest BCUT2D eigenvalue weighted by Gasteiger charge is 2.16. The van der Waals surface area contributed by atoms with Gasteiger partial charge in [0.05, 0.1) is 33.0 Å². The maximum atomic E-state index is 12.1. The van der Waals surface area contributed by atoms with Gasteiger partial charge < -0.3 is 19.5 Å². The van der Waals surface area contributed by atoms with Gasteiger partial charge in [0, 0.05) is 12.1 Å². The Bertz CT molecular complexity index is 779. The molecule has 0 heterocycles. The first-order valence-electron chi connectivity index (χ1n) is 7.70. The minimum Gasteiger partial charge on any atom is -0.493 e. The van der Waals surface area contributed by atoms with Gasteiger partial charge >= 0.3 is 0 Å². The number of hydrogen-bond acceptors (Lipinski definition) is 5. The monoisotopic (exact) mass is 340 g/mol. The zero-order valence-corrected chi connectivity index (χ0v) is 14.5. The van der Waals surface area contributed by atoms with Crippen LogP contribution in [0.5, 0.6) is 17.2 Å². The van der Waals surface area contributed by atoms with E-state index in [4.69, 9.17) is 19.5 Å². The highest BCUT2D eigenvalue weighted by molar-refractivity contribution is 5.90. The largest absolute Gasteiger partial charge is 0.493 e. The molecule has 0 aliphatic carbocycles. The first-order valence-corrected chi connectivity index (χ1v) is 7.70. The number of nitrogens with zero attached hydrogens (tertiary/aromatic N) is 1. The Kier molecular flexibility index (Phi) is 6.24. The topological polar surface area (TPSA) is 80.6 Å². The van der Waals surface area contributed by atoms with Gasteiger partial charge in [-0.1, -0.05) is 6.07 Å². The Balaban J connectivity index is 2.05. The zero-order valence-electron chi connectivity index (χ0n) is 14.5. The van der Waals surface area contributed by atoms with Crippen LogP contribution in [0.25, 0.3) is 0 Å². The highest BCUT2D eigenvalue weighted by Crippen LogP contribution is 2.40. The summed E-state index contributed by atoms with van der Waals surface area (Å²) in [7, 11) is 4.65. The van der Waals surface area contributed by atoms with Gasteiger partial charge in [0.1, 0.15) is 0 Å². The number of carbonyl (C=O) groups is 1. The van der Waals surface area contributed by atoms with Gasteiger partial charge in [0.25, 0.3) is 0 Å². The van der Waals surface area contributed by atoms with Crippen LogP contribution in [0.1, 0.15) is 17.5 Å². The fraction of sp³-hybridized carbons (Fsp3) is 0.263. The number of amides is 1. The van der Waals surface area contributed by atoms with Gasteiger partial charge in [0.2, 0.25) is 11.7 Å². The number of aryl methyl sites for hydroxylation is 1. The predicted octanol–water partition coefficient (Wildman–Crippen LogP) is 3.16. The molecule has 0 aliphatic rings. The van der Waals surface area contributed by atoms with E-state index < -0.39 is 0 Å². The third kappa shape index (κ3) is 4.42. The fourth-order valence-corrected chi connectivity index (χ4v) is 2.46. The van der Waals surface area contributed by atoms with Crippen molar-refractivity contribution in [3.05, 3.63) is 47.5 Å². The maximum absolute atomic E-state index is 12.1. The SMILES string of the molecule is COc1ccc(CCC(=O)Nc2ccc(C#N)cc2)c(OC)c1OC. The summed E-state index contributed by atoms with van der Waals surface area (Å²) in [5.41, 5.74) is 2.06. The minimum atomic E-state index is -0.124. The summed E-state index contributed by atoms with van der Waals surface area (Å²) in [6, 6.07) is 12.4. The Morgan fingerprint density at radius 3 is 2.24 bits per heavy atom. The molecule has 2 rings (SSSR count). The van der Waals surface area contributed by atoms with Crippen molar-refractivity contribution in [1.29, 1.82) is 5.26 Å². The summed E-state index contributed by atoms with van der Waals surface area (Å²) in [5.74, 6) is 1.52. The fourth-order valence-electron chi connectivity index (χ4n) is 2.46. The van der Waals surface area contributed by atoms with E-state index in [1.54, 1.807) is 51.7 Å². The lowest BCUT2D eigenvalue weighted by Gasteiger charge is -2.15. The zero-order chi connectivity index (χ0) is 18.2. The summed E-state index contributed by atoms with van der Waals surface area (Å²) < 4.78 is 16.0. The highest BCUT2D eigenvalue weighted by atomic mass is 16.5. The molecule has 0 radical (unpaired) electrons. The second kappa shape index (κ2) is 8.60. The van der Waals surface area contributed by atoms with Crippen LogP contribution in [0.15, 0.2) is 36.4 Å². The van der Waals surface area contributed by atoms with Crippen molar-refractivity contribution < 1.29 is 19.0 Å². The second-order valence-corrected chi connectivity index (χ2v) is 5.23. The molecule has 25 heavy (non-hydrogen) atoms. The number of methoxy groups -OCH3 is 3. The number of hydrogen-bond donors (Lipinski definition) is 1. The van der Waals surface area contributed by atoms with Crippen LogP contribution in [-0.2, 0) is 11.2 Å². The summed E-state index contributed by atoms with van der Waals surface area (Å²) in [6.45, 7) is 0. The number of ether oxygens (including phenoxy) is 3. The lowest BCUT2D eigenvalue weighted by atomic mass is 10.1. The smallest absolute Gasteiger partial charge is 0.224 e. The minimum absolute atomic E-state index is 0.124. The molecule has 1 N–H and O–H groups in total. The summed E-state index contributed by atoms with van der Waals surface area (Å²) in [6.07, 6.45) is 0.775. The van der Waals surface area contributed by atoms with E-state index in [0.717, 1.165) is 5.56 Å². The average Bonchev–Trinajstić information content (AvgIpc) is 2.65. The molecule has 0 spiro atoms. The van der Waals surface area contributed by atoms with Crippen molar-refractivity contribution in [3.8, 4) is 23.3 Å². The quantitative estimate of drug-likeness (QED) is 0.837. The van der Waals surface area contributed by atoms with Crippen LogP contribution in [0.3, 0.4) is 0 Å². The summed E-state index contributed by atoms with van der Waals surface area (Å²) >= 11 is 0. The standard InChI is InChI=1S/C19H20N2O4/c1-23-16-10-6-14(18(24-2)19(16)25-3)7-11-17(22)21-15-8-4-13(12-20)5-9-15/h4-6,8-10H,7,11H2,1-3H3,(H,21,22). The number of rotatable bonds is 7. The van der Waals surface area contributed by atoms with Crippen molar-refractivity contribution in [1.82, 2.24) is 0 Å². The average molecular weight is 340 g/mol. The van der Waals surface area contributed by atoms with Crippen molar-refractivity contribution in [2.75, 3.05) is 26.6 Å². The molecular weight excluding hydrogens is 320 g/mol. The second-order valence-electron chi connectivity index (χ2n) is 5.23. The molecule has 0 bridgehead atoms. The van der Waals surface area contributed by atoms with Crippen LogP contribution >= 0.6 is 0 Å². The first kappa shape index (κ1) is 18.1. The van der Waals surface area contributed by atoms with Gasteiger partial charge in [-0.3, -0.25) is 4.79 Å². The van der Waals surface area contributed by atoms with E-state index in [1.165, 1.54) is 0 Å². The molecule has 0 fully saturated rings. The van der Waals surface area contributed by atoms with Gasteiger partial charge in [-0.25, -0.2) is 0 Å². The Morgan fingerprint density at radius 2 is 1.68 bits per heavy atom. The molecule has 130 valence electrons. The third-order valence-corrected chi connectivity index (χ3v) is 3.70. The van der Waals surface area contributed by atoms with Crippen LogP contribution in [0.2, 0.25) is 0 Å². The normalized spacial score (nSPS) is 9.84. The lowest BCUT2D eigenvalue weighted by Crippen LogP contribution is -2.12. The van der Waals surface area contributed by atoms with Crippen molar-refractivity contribution in [2.24, 2.45) is 0 Å². The van der Waals surface area contributed by atoms with Gasteiger partial charge in [-0.05, 0) is 42.3 Å². The molecule has 0 atom stereocenters. The molecule has 0 saturated carbocycles. The van der Waals surface area contributed by atoms with E-state index in [-0.39, 0.29) is 12.3 Å². The van der Waals surface area contributed by atoms with Crippen LogP contribution in [0.4, 0.5) is 5.69 Å². The van der Waals surface area contributed by atoms with E-state index in [2.05, 4.69) is 5.32 Å². The van der Waals surface area contributed by atoms with E-state index in [9.17, 15) is 4.79 Å². The van der Waals surface area contributed by atoms with Crippen molar-refractivity contribution >= 4 is 11.6 Å². The van der Waals surface area contributed by atoms with Gasteiger partial charge in [-0.2, -0.15) is 5.26 Å². The molecule has 0 aromatic heterocycles. The number of carbonyl (C=O) groups excluding carboxylic acids is 1. The lowest BCUT2D eigenvalue weighted by molar-refractivity contribution is -0.116. The molecular formula is C19H20N2O4. The van der Waals surface area contributed by atoms with Gasteiger partial charge in [-0.15, -0.1) is 0 Å². The van der Waals surface area contributed by atoms with Crippen molar-refractivity contribution in [2.45, 2.75) is 12.8 Å². The number of nitrogens with one attached hydrogen (secondary N) is 1. The number of anilines is 1. The molecule has 6 nitrogen and oxygen atoms in total. The Morgan fingerprint density at radius 1 is 1.00 bits per heavy atom. The molecule has 1 amide bonds. The Labute approximate surface area is 146 Å². The molecule has 2 aromatic rings. The molecule has 0 aliphatic heterocycles. The maximum Gasteiger partial charge on any atom is 0.224 e. The predicted molar refractivity (Wildman–Crippen MR) is 94.2 cm³/mol. The number of nitriles is 1. The Hall–Kier alpha value is -3.20. The molecule has 2 aromatic carbocycles. The van der Waals surface area contributed by atoms with E-state index in [1.807, 2.05) is 12.1 Å². The summed E-state index contributed by atoms with van der Waals surface area (Å²) in [4.78, 5) is 12.1. The molecule has 0 saturated heterocycles. The van der Waals surface area contributed by atoms with Crippen LogP contribution < -0.4 is 19.5 Å². The molecule has 6 heteroatoms. The van der Waals surface area contributed by atoms with Crippen LogP contribution in [-0.4, -0.2) is 27.2 Å². The van der Waals surface area contributed by atoms with E-state index >= 15 is 0 Å². The third-order valence-electron chi connectivity index (χ3n) is 3.70. The van der Waals surface area contributed by atoms with E-state index in [0.29, 0.717) is 34.9 Å². The molecule has 0 unspecified atom stereocenters. The number of benzene rings is 2. The van der Waals surface area contributed by atoms with Crippen molar-refractivity contribution in [3.63, 3.8) is 0 Å². The van der Waals surface area contributed by atoms with Crippen LogP contribution in [0, 0.1) is 11.3 Å². The summed E-state index contributed by atoms with van der Waals surface area (Å²) in [5, 5.41) is 11.6.